The van der Waals surface area contributed by atoms with Crippen LogP contribution in [0.15, 0.2) is 186 Å². The highest BCUT2D eigenvalue weighted by Gasteiger charge is 2.18. The van der Waals surface area contributed by atoms with E-state index in [1.165, 1.54) is 43.7 Å². The zero-order valence-corrected chi connectivity index (χ0v) is 26.6. The van der Waals surface area contributed by atoms with Crippen LogP contribution >= 0.6 is 0 Å². The van der Waals surface area contributed by atoms with Gasteiger partial charge in [-0.25, -0.2) is 0 Å². The van der Waals surface area contributed by atoms with E-state index in [0.717, 1.165) is 44.7 Å². The SMILES string of the molecule is c1ccc(N(c2ccc(-c3ccc4c5ccc6ccccc6c5n(-c5ccccc5)c4c3)cc2)c2ccc3oc4ccccc4c3c2)cc1. The van der Waals surface area contributed by atoms with E-state index < -0.39 is 0 Å². The third-order valence-corrected chi connectivity index (χ3v) is 9.76. The summed E-state index contributed by atoms with van der Waals surface area (Å²) in [4.78, 5) is 2.31. The van der Waals surface area contributed by atoms with Gasteiger partial charge in [-0.05, 0) is 83.2 Å². The number of para-hydroxylation sites is 3. The van der Waals surface area contributed by atoms with Crippen molar-refractivity contribution in [3.63, 3.8) is 0 Å². The zero-order chi connectivity index (χ0) is 32.3. The highest BCUT2D eigenvalue weighted by Crippen LogP contribution is 2.41. The molecule has 49 heavy (non-hydrogen) atoms. The molecule has 0 aliphatic carbocycles. The van der Waals surface area contributed by atoms with E-state index in [1.807, 2.05) is 12.1 Å². The van der Waals surface area contributed by atoms with Crippen LogP contribution in [0.25, 0.3) is 71.3 Å². The second-order valence-corrected chi connectivity index (χ2v) is 12.6. The van der Waals surface area contributed by atoms with Crippen molar-refractivity contribution in [2.45, 2.75) is 0 Å². The molecular weight excluding hydrogens is 597 g/mol. The standard InChI is InChI=1S/C46H30N2O/c1-3-12-34(13-4-1)47(37-25-28-45-42(30-37)40-17-9-10-18-44(40)49-45)36-23-19-31(20-24-36)33-22-26-39-41-27-21-32-11-7-8-16-38(32)46(41)48(43(39)29-33)35-14-5-2-6-15-35/h1-30H. The Morgan fingerprint density at radius 3 is 1.86 bits per heavy atom. The van der Waals surface area contributed by atoms with Gasteiger partial charge in [-0.1, -0.05) is 115 Å². The summed E-state index contributed by atoms with van der Waals surface area (Å²) in [5.74, 6) is 0. The first kappa shape index (κ1) is 27.5. The molecule has 8 aromatic carbocycles. The van der Waals surface area contributed by atoms with E-state index >= 15 is 0 Å². The molecule has 0 unspecified atom stereocenters. The first-order valence-electron chi connectivity index (χ1n) is 16.7. The van der Waals surface area contributed by atoms with Gasteiger partial charge in [0.25, 0.3) is 0 Å². The molecule has 0 bridgehead atoms. The van der Waals surface area contributed by atoms with Gasteiger partial charge >= 0.3 is 0 Å². The number of furan rings is 1. The molecule has 10 aromatic rings. The van der Waals surface area contributed by atoms with Gasteiger partial charge in [0.2, 0.25) is 0 Å². The predicted molar refractivity (Wildman–Crippen MR) is 206 cm³/mol. The van der Waals surface area contributed by atoms with Crippen LogP contribution in [0, 0.1) is 0 Å². The van der Waals surface area contributed by atoms with Gasteiger partial charge in [0.15, 0.2) is 0 Å². The fourth-order valence-corrected chi connectivity index (χ4v) is 7.48. The van der Waals surface area contributed by atoms with Gasteiger partial charge in [-0.15, -0.1) is 0 Å². The molecular formula is C46H30N2O. The summed E-state index contributed by atoms with van der Waals surface area (Å²) < 4.78 is 8.58. The highest BCUT2D eigenvalue weighted by molar-refractivity contribution is 6.19. The van der Waals surface area contributed by atoms with E-state index in [-0.39, 0.29) is 0 Å². The van der Waals surface area contributed by atoms with Crippen LogP contribution < -0.4 is 4.90 Å². The lowest BCUT2D eigenvalue weighted by Crippen LogP contribution is -2.09. The summed E-state index contributed by atoms with van der Waals surface area (Å²) in [6.07, 6.45) is 0. The van der Waals surface area contributed by atoms with Gasteiger partial charge in [-0.2, -0.15) is 0 Å². The number of nitrogens with zero attached hydrogens (tertiary/aromatic N) is 2. The summed E-state index contributed by atoms with van der Waals surface area (Å²) in [7, 11) is 0. The van der Waals surface area contributed by atoms with Crippen molar-refractivity contribution in [3.8, 4) is 16.8 Å². The minimum atomic E-state index is 0.893. The molecule has 2 heterocycles. The summed E-state index contributed by atoms with van der Waals surface area (Å²) in [5.41, 5.74) is 11.0. The molecule has 3 heteroatoms. The number of anilines is 3. The van der Waals surface area contributed by atoms with Crippen molar-refractivity contribution in [2.24, 2.45) is 0 Å². The number of hydrogen-bond acceptors (Lipinski definition) is 2. The maximum Gasteiger partial charge on any atom is 0.135 e. The molecule has 3 nitrogen and oxygen atoms in total. The van der Waals surface area contributed by atoms with Gasteiger partial charge in [0.05, 0.1) is 11.0 Å². The molecule has 10 rings (SSSR count). The minimum absolute atomic E-state index is 0.893. The average Bonchev–Trinajstić information content (AvgIpc) is 3.71. The fraction of sp³-hybridized carbons (Fsp3) is 0. The normalized spacial score (nSPS) is 11.7. The molecule has 0 saturated carbocycles. The lowest BCUT2D eigenvalue weighted by Gasteiger charge is -2.25. The Bertz CT molecular complexity index is 2810. The summed E-state index contributed by atoms with van der Waals surface area (Å²) in [5, 5.41) is 7.25. The van der Waals surface area contributed by atoms with E-state index in [9.17, 15) is 0 Å². The Balaban J connectivity index is 1.11. The lowest BCUT2D eigenvalue weighted by molar-refractivity contribution is 0.669. The summed E-state index contributed by atoms with van der Waals surface area (Å²) >= 11 is 0. The minimum Gasteiger partial charge on any atom is -0.456 e. The predicted octanol–water partition coefficient (Wildman–Crippen LogP) is 13.0. The second kappa shape index (κ2) is 11.0. The van der Waals surface area contributed by atoms with E-state index in [2.05, 4.69) is 179 Å². The van der Waals surface area contributed by atoms with Gasteiger partial charge in [0.1, 0.15) is 11.2 Å². The number of aromatic nitrogens is 1. The molecule has 0 aliphatic rings. The molecule has 0 radical (unpaired) electrons. The lowest BCUT2D eigenvalue weighted by atomic mass is 10.0. The van der Waals surface area contributed by atoms with Crippen LogP contribution in [0.4, 0.5) is 17.1 Å². The van der Waals surface area contributed by atoms with Crippen LogP contribution in [0.2, 0.25) is 0 Å². The van der Waals surface area contributed by atoms with Gasteiger partial charge < -0.3 is 13.9 Å². The van der Waals surface area contributed by atoms with E-state index in [1.54, 1.807) is 0 Å². The molecule has 0 saturated heterocycles. The van der Waals surface area contributed by atoms with Crippen LogP contribution in [0.1, 0.15) is 0 Å². The number of hydrogen-bond donors (Lipinski definition) is 0. The number of rotatable bonds is 5. The fourth-order valence-electron chi connectivity index (χ4n) is 7.48. The van der Waals surface area contributed by atoms with Crippen molar-refractivity contribution in [3.05, 3.63) is 182 Å². The molecule has 0 N–H and O–H groups in total. The van der Waals surface area contributed by atoms with Crippen LogP contribution in [0.5, 0.6) is 0 Å². The quantitative estimate of drug-likeness (QED) is 0.190. The van der Waals surface area contributed by atoms with E-state index in [4.69, 9.17) is 4.42 Å². The second-order valence-electron chi connectivity index (χ2n) is 12.6. The molecule has 230 valence electrons. The van der Waals surface area contributed by atoms with E-state index in [0.29, 0.717) is 0 Å². The van der Waals surface area contributed by atoms with Crippen molar-refractivity contribution in [2.75, 3.05) is 4.90 Å². The van der Waals surface area contributed by atoms with Crippen molar-refractivity contribution in [1.29, 1.82) is 0 Å². The molecule has 0 fully saturated rings. The largest absolute Gasteiger partial charge is 0.456 e. The molecule has 2 aromatic heterocycles. The van der Waals surface area contributed by atoms with Crippen LogP contribution in [-0.2, 0) is 0 Å². The smallest absolute Gasteiger partial charge is 0.135 e. The Labute approximate surface area is 283 Å². The zero-order valence-electron chi connectivity index (χ0n) is 26.6. The van der Waals surface area contributed by atoms with Gasteiger partial charge in [-0.3, -0.25) is 0 Å². The maximum absolute atomic E-state index is 6.15. The van der Waals surface area contributed by atoms with Crippen molar-refractivity contribution >= 4 is 71.6 Å². The molecule has 0 amide bonds. The monoisotopic (exact) mass is 626 g/mol. The Kier molecular flexibility index (Phi) is 6.18. The first-order chi connectivity index (χ1) is 24.3. The molecule has 0 spiro atoms. The number of benzene rings is 8. The molecule has 0 atom stereocenters. The molecule has 0 aliphatic heterocycles. The third-order valence-electron chi connectivity index (χ3n) is 9.76. The Morgan fingerprint density at radius 1 is 0.388 bits per heavy atom. The van der Waals surface area contributed by atoms with Crippen molar-refractivity contribution < 1.29 is 4.42 Å². The average molecular weight is 627 g/mol. The number of fused-ring (bicyclic) bond motifs is 8. The summed E-state index contributed by atoms with van der Waals surface area (Å²) in [6, 6.07) is 65.0. The van der Waals surface area contributed by atoms with Gasteiger partial charge in [0, 0.05) is 49.7 Å². The van der Waals surface area contributed by atoms with Crippen molar-refractivity contribution in [1.82, 2.24) is 4.57 Å². The maximum atomic E-state index is 6.15. The Hall–Kier alpha value is -6.58. The van der Waals surface area contributed by atoms with Crippen LogP contribution in [0.3, 0.4) is 0 Å². The topological polar surface area (TPSA) is 21.3 Å². The van der Waals surface area contributed by atoms with Crippen LogP contribution in [-0.4, -0.2) is 4.57 Å². The third kappa shape index (κ3) is 4.44. The Morgan fingerprint density at radius 2 is 1.02 bits per heavy atom. The summed E-state index contributed by atoms with van der Waals surface area (Å²) in [6.45, 7) is 0. The first-order valence-corrected chi connectivity index (χ1v) is 16.7. The highest BCUT2D eigenvalue weighted by atomic mass is 16.3.